The summed E-state index contributed by atoms with van der Waals surface area (Å²) in [5.41, 5.74) is 2.26. The zero-order valence-corrected chi connectivity index (χ0v) is 15.9. The van der Waals surface area contributed by atoms with Crippen LogP contribution in [0.1, 0.15) is 38.3 Å². The first kappa shape index (κ1) is 21.1. The van der Waals surface area contributed by atoms with Crippen LogP contribution in [-0.2, 0) is 16.0 Å². The van der Waals surface area contributed by atoms with Gasteiger partial charge in [0.2, 0.25) is 0 Å². The summed E-state index contributed by atoms with van der Waals surface area (Å²) >= 11 is 5.68. The Morgan fingerprint density at radius 2 is 2.00 bits per heavy atom. The van der Waals surface area contributed by atoms with Crippen molar-refractivity contribution >= 4 is 29.4 Å². The van der Waals surface area contributed by atoms with Crippen molar-refractivity contribution in [1.29, 1.82) is 0 Å². The average molecular weight is 371 g/mol. The number of alkyl halides is 1. The minimum atomic E-state index is -0.977. The largest absolute Gasteiger partial charge is 0.481 e. The number of rotatable bonds is 8. The van der Waals surface area contributed by atoms with E-state index in [-0.39, 0.29) is 6.42 Å². The topological polar surface area (TPSA) is 87.7 Å². The van der Waals surface area contributed by atoms with E-state index in [9.17, 15) is 9.59 Å². The van der Waals surface area contributed by atoms with Crippen LogP contribution in [0.25, 0.3) is 0 Å². The number of hydrogen-bond donors (Lipinski definition) is 3. The molecule has 0 heterocycles. The van der Waals surface area contributed by atoms with E-state index in [0.717, 1.165) is 16.8 Å². The van der Waals surface area contributed by atoms with Gasteiger partial charge in [-0.1, -0.05) is 6.07 Å². The Kier molecular flexibility index (Phi) is 8.03. The van der Waals surface area contributed by atoms with Crippen LogP contribution in [0, 0.1) is 6.92 Å². The van der Waals surface area contributed by atoms with Crippen LogP contribution in [0.4, 0.5) is 10.5 Å². The molecule has 0 aliphatic carbocycles. The number of aliphatic carboxylic acids is 1. The van der Waals surface area contributed by atoms with Gasteiger partial charge in [-0.25, -0.2) is 4.79 Å². The number of halogens is 1. The molecule has 0 bridgehead atoms. The molecule has 25 heavy (non-hydrogen) atoms. The van der Waals surface area contributed by atoms with Crippen LogP contribution in [-0.4, -0.2) is 41.2 Å². The Hall–Kier alpha value is -1.95. The molecule has 0 saturated heterocycles. The Labute approximate surface area is 153 Å². The first-order valence-corrected chi connectivity index (χ1v) is 8.75. The number of aryl methyl sites for hydroxylation is 1. The second kappa shape index (κ2) is 9.51. The van der Waals surface area contributed by atoms with Gasteiger partial charge in [-0.2, -0.15) is 0 Å². The number of alkyl carbamates (subject to hydrolysis) is 1. The summed E-state index contributed by atoms with van der Waals surface area (Å²) in [4.78, 5) is 23.1. The number of carboxylic acids is 1. The molecule has 1 aromatic carbocycles. The van der Waals surface area contributed by atoms with Crippen molar-refractivity contribution in [1.82, 2.24) is 5.32 Å². The molecule has 6 nitrogen and oxygen atoms in total. The van der Waals surface area contributed by atoms with Crippen LogP contribution >= 0.6 is 11.6 Å². The predicted molar refractivity (Wildman–Crippen MR) is 99.5 cm³/mol. The van der Waals surface area contributed by atoms with E-state index in [4.69, 9.17) is 21.4 Å². The molecular formula is C18H27ClN2O4. The molecule has 0 aromatic heterocycles. The molecule has 0 aliphatic heterocycles. The number of carbonyl (C=O) groups is 2. The van der Waals surface area contributed by atoms with Crippen LogP contribution in [0.5, 0.6) is 0 Å². The zero-order valence-electron chi connectivity index (χ0n) is 15.2. The fraction of sp³-hybridized carbons (Fsp3) is 0.556. The van der Waals surface area contributed by atoms with Crippen molar-refractivity contribution in [2.24, 2.45) is 0 Å². The summed E-state index contributed by atoms with van der Waals surface area (Å²) < 4.78 is 5.22. The number of benzene rings is 1. The first-order chi connectivity index (χ1) is 11.6. The standard InChI is InChI=1S/C18H27ClN2O4/c1-12-5-6-14(20-8-7-19)9-13(12)10-15(11-16(22)23)21-17(24)25-18(2,3)4/h5-6,9,15,20H,7-8,10-11H2,1-4H3,(H,21,24)(H,22,23)/t15-/m0/s1. The fourth-order valence-corrected chi connectivity index (χ4v) is 2.41. The molecule has 1 rings (SSSR count). The lowest BCUT2D eigenvalue weighted by atomic mass is 9.98. The van der Waals surface area contributed by atoms with E-state index in [1.807, 2.05) is 25.1 Å². The van der Waals surface area contributed by atoms with Crippen molar-refractivity contribution < 1.29 is 19.4 Å². The van der Waals surface area contributed by atoms with Gasteiger partial charge in [0, 0.05) is 24.2 Å². The van der Waals surface area contributed by atoms with Gasteiger partial charge >= 0.3 is 12.1 Å². The van der Waals surface area contributed by atoms with Crippen molar-refractivity contribution in [2.75, 3.05) is 17.7 Å². The van der Waals surface area contributed by atoms with Gasteiger partial charge in [0.25, 0.3) is 0 Å². The second-order valence-electron chi connectivity index (χ2n) is 6.90. The third-order valence-corrected chi connectivity index (χ3v) is 3.57. The summed E-state index contributed by atoms with van der Waals surface area (Å²) in [5, 5.41) is 15.0. The molecule has 1 amide bonds. The van der Waals surface area contributed by atoms with E-state index in [2.05, 4.69) is 10.6 Å². The third kappa shape index (κ3) is 8.63. The molecule has 1 aromatic rings. The number of carbonyl (C=O) groups excluding carboxylic acids is 1. The molecule has 0 unspecified atom stereocenters. The van der Waals surface area contributed by atoms with Gasteiger partial charge in [-0.15, -0.1) is 11.6 Å². The van der Waals surface area contributed by atoms with E-state index < -0.39 is 23.7 Å². The first-order valence-electron chi connectivity index (χ1n) is 8.21. The number of anilines is 1. The lowest BCUT2D eigenvalue weighted by Crippen LogP contribution is -2.41. The number of nitrogens with one attached hydrogen (secondary N) is 2. The summed E-state index contributed by atoms with van der Waals surface area (Å²) in [5.74, 6) is -0.486. The molecular weight excluding hydrogens is 344 g/mol. The van der Waals surface area contributed by atoms with E-state index in [1.54, 1.807) is 20.8 Å². The molecule has 7 heteroatoms. The fourth-order valence-electron chi connectivity index (χ4n) is 2.32. The quantitative estimate of drug-likeness (QED) is 0.609. The van der Waals surface area contributed by atoms with E-state index in [1.165, 1.54) is 0 Å². The van der Waals surface area contributed by atoms with Gasteiger partial charge < -0.3 is 20.5 Å². The molecule has 0 radical (unpaired) electrons. The molecule has 1 atom stereocenters. The number of ether oxygens (including phenoxy) is 1. The highest BCUT2D eigenvalue weighted by Crippen LogP contribution is 2.18. The van der Waals surface area contributed by atoms with Crippen LogP contribution in [0.15, 0.2) is 18.2 Å². The third-order valence-electron chi connectivity index (χ3n) is 3.38. The average Bonchev–Trinajstić information content (AvgIpc) is 2.45. The maximum Gasteiger partial charge on any atom is 0.407 e. The van der Waals surface area contributed by atoms with Crippen molar-refractivity contribution in [2.45, 2.75) is 52.2 Å². The Morgan fingerprint density at radius 1 is 1.32 bits per heavy atom. The van der Waals surface area contributed by atoms with E-state index in [0.29, 0.717) is 18.8 Å². The summed E-state index contributed by atoms with van der Waals surface area (Å²) in [6.07, 6.45) is -0.404. The summed E-state index contributed by atoms with van der Waals surface area (Å²) in [6.45, 7) is 7.86. The van der Waals surface area contributed by atoms with Crippen LogP contribution in [0.2, 0.25) is 0 Å². The highest BCUT2D eigenvalue weighted by Gasteiger charge is 2.22. The van der Waals surface area contributed by atoms with E-state index >= 15 is 0 Å². The molecule has 0 fully saturated rings. The summed E-state index contributed by atoms with van der Waals surface area (Å²) in [6, 6.07) is 5.29. The molecule has 0 spiro atoms. The second-order valence-corrected chi connectivity index (χ2v) is 7.28. The molecule has 0 saturated carbocycles. The Balaban J connectivity index is 2.87. The maximum absolute atomic E-state index is 12.0. The minimum Gasteiger partial charge on any atom is -0.481 e. The Bertz CT molecular complexity index is 599. The molecule has 140 valence electrons. The minimum absolute atomic E-state index is 0.183. The maximum atomic E-state index is 12.0. The lowest BCUT2D eigenvalue weighted by molar-refractivity contribution is -0.137. The highest BCUT2D eigenvalue weighted by molar-refractivity contribution is 6.18. The van der Waals surface area contributed by atoms with Crippen LogP contribution < -0.4 is 10.6 Å². The number of amides is 1. The van der Waals surface area contributed by atoms with Gasteiger partial charge in [0.1, 0.15) is 5.60 Å². The number of carboxylic acid groups (broad SMARTS) is 1. The van der Waals surface area contributed by atoms with Crippen molar-refractivity contribution in [3.8, 4) is 0 Å². The highest BCUT2D eigenvalue weighted by atomic mass is 35.5. The smallest absolute Gasteiger partial charge is 0.407 e. The lowest BCUT2D eigenvalue weighted by Gasteiger charge is -2.23. The van der Waals surface area contributed by atoms with Gasteiger partial charge in [0.15, 0.2) is 0 Å². The van der Waals surface area contributed by atoms with Gasteiger partial charge in [-0.05, 0) is 57.4 Å². The normalized spacial score (nSPS) is 12.4. The van der Waals surface area contributed by atoms with Crippen molar-refractivity contribution in [3.63, 3.8) is 0 Å². The molecule has 3 N–H and O–H groups in total. The van der Waals surface area contributed by atoms with Crippen molar-refractivity contribution in [3.05, 3.63) is 29.3 Å². The molecule has 0 aliphatic rings. The van der Waals surface area contributed by atoms with Gasteiger partial charge in [0.05, 0.1) is 6.42 Å². The predicted octanol–water partition coefficient (Wildman–Crippen LogP) is 3.56. The number of hydrogen-bond acceptors (Lipinski definition) is 4. The Morgan fingerprint density at radius 3 is 2.56 bits per heavy atom. The monoisotopic (exact) mass is 370 g/mol. The zero-order chi connectivity index (χ0) is 19.0. The van der Waals surface area contributed by atoms with Crippen LogP contribution in [0.3, 0.4) is 0 Å². The SMILES string of the molecule is Cc1ccc(NCCCl)cc1C[C@@H](CC(=O)O)NC(=O)OC(C)(C)C. The summed E-state index contributed by atoms with van der Waals surface area (Å²) in [7, 11) is 0. The van der Waals surface area contributed by atoms with Gasteiger partial charge in [-0.3, -0.25) is 4.79 Å².